The highest BCUT2D eigenvalue weighted by atomic mass is 35.5. The fourth-order valence-electron chi connectivity index (χ4n) is 2.44. The Kier molecular flexibility index (Phi) is 6.13. The lowest BCUT2D eigenvalue weighted by Gasteiger charge is -2.42. The highest BCUT2D eigenvalue weighted by Gasteiger charge is 2.31. The topological polar surface area (TPSA) is 29.3 Å². The molecule has 2 N–H and O–H groups in total. The van der Waals surface area contributed by atoms with Crippen LogP contribution >= 0.6 is 23.2 Å². The quantitative estimate of drug-likeness (QED) is 0.861. The van der Waals surface area contributed by atoms with E-state index in [9.17, 15) is 0 Å². The average Bonchev–Trinajstić information content (AvgIpc) is 2.35. The Hall–Kier alpha value is -0.280. The van der Waals surface area contributed by atoms with Gasteiger partial charge in [-0.15, -0.1) is 0 Å². The summed E-state index contributed by atoms with van der Waals surface area (Å²) in [6.07, 6.45) is 0.792. The van der Waals surface area contributed by atoms with Crippen LogP contribution in [0.1, 0.15) is 33.3 Å². The first kappa shape index (κ1) is 16.8. The maximum absolute atomic E-state index is 6.41. The van der Waals surface area contributed by atoms with Gasteiger partial charge in [-0.2, -0.15) is 0 Å². The van der Waals surface area contributed by atoms with Gasteiger partial charge in [0.15, 0.2) is 0 Å². The van der Waals surface area contributed by atoms with E-state index < -0.39 is 0 Å². The second kappa shape index (κ2) is 6.94. The van der Waals surface area contributed by atoms with Crippen molar-refractivity contribution in [1.82, 2.24) is 4.90 Å². The zero-order valence-corrected chi connectivity index (χ0v) is 13.7. The lowest BCUT2D eigenvalue weighted by Crippen LogP contribution is -2.56. The van der Waals surface area contributed by atoms with Crippen molar-refractivity contribution in [3.05, 3.63) is 33.8 Å². The van der Waals surface area contributed by atoms with Gasteiger partial charge in [0.2, 0.25) is 0 Å². The highest BCUT2D eigenvalue weighted by molar-refractivity contribution is 6.42. The molecule has 0 aromatic heterocycles. The molecule has 0 amide bonds. The Morgan fingerprint density at radius 2 is 1.74 bits per heavy atom. The molecule has 0 radical (unpaired) electrons. The van der Waals surface area contributed by atoms with Crippen molar-refractivity contribution in [2.45, 2.75) is 45.7 Å². The van der Waals surface area contributed by atoms with E-state index in [1.54, 1.807) is 0 Å². The number of hydrogen-bond acceptors (Lipinski definition) is 2. The number of halogens is 2. The number of benzene rings is 1. The molecule has 2 nitrogen and oxygen atoms in total. The summed E-state index contributed by atoms with van der Waals surface area (Å²) in [5, 5.41) is 1.18. The van der Waals surface area contributed by atoms with Crippen molar-refractivity contribution in [2.24, 2.45) is 5.73 Å². The van der Waals surface area contributed by atoms with Crippen LogP contribution in [0.25, 0.3) is 0 Å². The first-order valence-electron chi connectivity index (χ1n) is 6.77. The normalized spacial score (nSPS) is 13.9. The minimum Gasteiger partial charge on any atom is -0.326 e. The van der Waals surface area contributed by atoms with Gasteiger partial charge in [-0.25, -0.2) is 0 Å². The van der Waals surface area contributed by atoms with Crippen molar-refractivity contribution >= 4 is 23.2 Å². The number of hydrogen-bond donors (Lipinski definition) is 1. The molecule has 1 rings (SSSR count). The molecular formula is C15H24Cl2N2. The molecule has 108 valence electrons. The summed E-state index contributed by atoms with van der Waals surface area (Å²) in [4.78, 5) is 2.38. The Morgan fingerprint density at radius 3 is 2.21 bits per heavy atom. The van der Waals surface area contributed by atoms with Gasteiger partial charge in [0, 0.05) is 11.6 Å². The summed E-state index contributed by atoms with van der Waals surface area (Å²) in [5.41, 5.74) is 7.49. The molecule has 19 heavy (non-hydrogen) atoms. The Balaban J connectivity index is 2.83. The lowest BCUT2D eigenvalue weighted by molar-refractivity contribution is 0.106. The van der Waals surface area contributed by atoms with E-state index in [4.69, 9.17) is 28.9 Å². The SMILES string of the molecule is CCN(CC)C(C)(C)C(N)Cc1ccc(Cl)c(Cl)c1. The minimum atomic E-state index is -0.0460. The molecule has 0 aliphatic rings. The zero-order chi connectivity index (χ0) is 14.6. The van der Waals surface area contributed by atoms with E-state index in [0.29, 0.717) is 10.0 Å². The van der Waals surface area contributed by atoms with Crippen molar-refractivity contribution in [1.29, 1.82) is 0 Å². The van der Waals surface area contributed by atoms with Gasteiger partial charge in [0.25, 0.3) is 0 Å². The summed E-state index contributed by atoms with van der Waals surface area (Å²) >= 11 is 12.0. The lowest BCUT2D eigenvalue weighted by atomic mass is 9.88. The van der Waals surface area contributed by atoms with Crippen molar-refractivity contribution in [3.63, 3.8) is 0 Å². The second-order valence-corrected chi connectivity index (χ2v) is 6.20. The zero-order valence-electron chi connectivity index (χ0n) is 12.2. The molecule has 0 aliphatic carbocycles. The molecule has 0 spiro atoms. The van der Waals surface area contributed by atoms with Crippen LogP contribution < -0.4 is 5.73 Å². The van der Waals surface area contributed by atoms with Crippen LogP contribution in [0.3, 0.4) is 0 Å². The monoisotopic (exact) mass is 302 g/mol. The Labute approximate surface area is 126 Å². The highest BCUT2D eigenvalue weighted by Crippen LogP contribution is 2.25. The van der Waals surface area contributed by atoms with Crippen LogP contribution in [-0.2, 0) is 6.42 Å². The second-order valence-electron chi connectivity index (χ2n) is 5.39. The minimum absolute atomic E-state index is 0.0460. The molecule has 0 saturated heterocycles. The third kappa shape index (κ3) is 4.09. The van der Waals surface area contributed by atoms with Crippen molar-refractivity contribution in [3.8, 4) is 0 Å². The fraction of sp³-hybridized carbons (Fsp3) is 0.600. The van der Waals surface area contributed by atoms with E-state index in [1.807, 2.05) is 18.2 Å². The molecule has 1 aromatic carbocycles. The first-order chi connectivity index (χ1) is 8.82. The van der Waals surface area contributed by atoms with Gasteiger partial charge in [0.05, 0.1) is 10.0 Å². The van der Waals surface area contributed by atoms with Gasteiger partial charge in [-0.05, 0) is 51.1 Å². The standard InChI is InChI=1S/C15H24Cl2N2/c1-5-19(6-2)15(3,4)14(18)10-11-7-8-12(16)13(17)9-11/h7-9,14H,5-6,10,18H2,1-4H3. The van der Waals surface area contributed by atoms with Crippen LogP contribution in [-0.4, -0.2) is 29.6 Å². The maximum Gasteiger partial charge on any atom is 0.0595 e. The molecule has 1 atom stereocenters. The van der Waals surface area contributed by atoms with Crippen LogP contribution in [0.2, 0.25) is 10.0 Å². The van der Waals surface area contributed by atoms with Crippen LogP contribution in [0.15, 0.2) is 18.2 Å². The van der Waals surface area contributed by atoms with Crippen molar-refractivity contribution in [2.75, 3.05) is 13.1 Å². The van der Waals surface area contributed by atoms with E-state index in [1.165, 1.54) is 0 Å². The number of nitrogens with two attached hydrogens (primary N) is 1. The summed E-state index contributed by atoms with van der Waals surface area (Å²) in [7, 11) is 0. The predicted octanol–water partition coefficient (Wildman–Crippen LogP) is 3.98. The van der Waals surface area contributed by atoms with Crippen LogP contribution in [0, 0.1) is 0 Å². The molecule has 0 fully saturated rings. The molecule has 0 aliphatic heterocycles. The van der Waals surface area contributed by atoms with E-state index in [-0.39, 0.29) is 11.6 Å². The Bertz CT molecular complexity index is 415. The van der Waals surface area contributed by atoms with Gasteiger partial charge in [0.1, 0.15) is 0 Å². The summed E-state index contributed by atoms with van der Waals surface area (Å²) < 4.78 is 0. The smallest absolute Gasteiger partial charge is 0.0595 e. The number of likely N-dealkylation sites (N-methyl/N-ethyl adjacent to an activating group) is 1. The summed E-state index contributed by atoms with van der Waals surface area (Å²) in [6.45, 7) is 10.7. The predicted molar refractivity (Wildman–Crippen MR) is 85.1 cm³/mol. The largest absolute Gasteiger partial charge is 0.326 e. The molecule has 1 aromatic rings. The van der Waals surface area contributed by atoms with E-state index in [0.717, 1.165) is 25.1 Å². The number of rotatable bonds is 6. The van der Waals surface area contributed by atoms with Crippen LogP contribution in [0.5, 0.6) is 0 Å². The molecule has 0 saturated carbocycles. The van der Waals surface area contributed by atoms with Crippen LogP contribution in [0.4, 0.5) is 0 Å². The molecule has 0 heterocycles. The third-order valence-electron chi connectivity index (χ3n) is 3.93. The average molecular weight is 303 g/mol. The fourth-order valence-corrected chi connectivity index (χ4v) is 2.76. The van der Waals surface area contributed by atoms with Crippen molar-refractivity contribution < 1.29 is 0 Å². The van der Waals surface area contributed by atoms with Gasteiger partial charge in [-0.1, -0.05) is 43.1 Å². The van der Waals surface area contributed by atoms with E-state index >= 15 is 0 Å². The van der Waals surface area contributed by atoms with Gasteiger partial charge >= 0.3 is 0 Å². The summed E-state index contributed by atoms with van der Waals surface area (Å²) in [5.74, 6) is 0. The molecule has 4 heteroatoms. The Morgan fingerprint density at radius 1 is 1.16 bits per heavy atom. The molecule has 0 bridgehead atoms. The number of nitrogens with zero attached hydrogens (tertiary/aromatic N) is 1. The van der Waals surface area contributed by atoms with Gasteiger partial charge < -0.3 is 5.73 Å². The third-order valence-corrected chi connectivity index (χ3v) is 4.66. The molecule has 1 unspecified atom stereocenters. The first-order valence-corrected chi connectivity index (χ1v) is 7.53. The summed E-state index contributed by atoms with van der Waals surface area (Å²) in [6, 6.07) is 5.77. The molecular weight excluding hydrogens is 279 g/mol. The van der Waals surface area contributed by atoms with E-state index in [2.05, 4.69) is 32.6 Å². The van der Waals surface area contributed by atoms with Gasteiger partial charge in [-0.3, -0.25) is 4.90 Å². The maximum atomic E-state index is 6.41.